The van der Waals surface area contributed by atoms with Crippen molar-refractivity contribution in [2.45, 2.75) is 5.72 Å². The van der Waals surface area contributed by atoms with Crippen molar-refractivity contribution < 1.29 is 28.6 Å². The smallest absolute Gasteiger partial charge is 0.365 e. The first kappa shape index (κ1) is 20.8. The van der Waals surface area contributed by atoms with Gasteiger partial charge in [-0.3, -0.25) is 14.5 Å². The number of benzene rings is 2. The highest BCUT2D eigenvalue weighted by molar-refractivity contribution is 9.10. The van der Waals surface area contributed by atoms with Crippen molar-refractivity contribution in [3.8, 4) is 0 Å². The van der Waals surface area contributed by atoms with Gasteiger partial charge in [-0.15, -0.1) is 0 Å². The number of Topliss-reactive ketones (excluding diaryl/α,β-unsaturated/α-hetero) is 1. The molecule has 3 rings (SSSR count). The maximum atomic E-state index is 13.4. The molecule has 150 valence electrons. The SMILES string of the molecule is COC(=O)C1(OC)C(C(=O)c2ccc(Br)cc2)=C(OC)C(=O)N1c1ccccc1. The molecule has 1 amide bonds. The number of para-hydroxylation sites is 1. The zero-order valence-electron chi connectivity index (χ0n) is 16.0. The lowest BCUT2D eigenvalue weighted by atomic mass is 9.94. The van der Waals surface area contributed by atoms with E-state index in [0.29, 0.717) is 5.69 Å². The summed E-state index contributed by atoms with van der Waals surface area (Å²) >= 11 is 3.31. The van der Waals surface area contributed by atoms with Crippen LogP contribution in [0, 0.1) is 0 Å². The van der Waals surface area contributed by atoms with Crippen LogP contribution in [0.5, 0.6) is 0 Å². The summed E-state index contributed by atoms with van der Waals surface area (Å²) < 4.78 is 16.6. The summed E-state index contributed by atoms with van der Waals surface area (Å²) in [5, 5.41) is 0. The molecule has 1 heterocycles. The van der Waals surface area contributed by atoms with Crippen LogP contribution in [-0.2, 0) is 23.8 Å². The molecule has 7 nitrogen and oxygen atoms in total. The average Bonchev–Trinajstić information content (AvgIpc) is 3.02. The third-order valence-electron chi connectivity index (χ3n) is 4.59. The summed E-state index contributed by atoms with van der Waals surface area (Å²) in [4.78, 5) is 40.7. The maximum absolute atomic E-state index is 13.4. The van der Waals surface area contributed by atoms with Crippen LogP contribution in [0.4, 0.5) is 5.69 Å². The van der Waals surface area contributed by atoms with Crippen molar-refractivity contribution in [2.24, 2.45) is 0 Å². The molecule has 0 aliphatic carbocycles. The van der Waals surface area contributed by atoms with Crippen LogP contribution in [-0.4, -0.2) is 44.7 Å². The number of anilines is 1. The molecule has 1 aliphatic heterocycles. The highest BCUT2D eigenvalue weighted by Crippen LogP contribution is 2.42. The molecule has 2 aromatic carbocycles. The fourth-order valence-electron chi connectivity index (χ4n) is 3.29. The number of ether oxygens (including phenoxy) is 3. The second kappa shape index (κ2) is 8.18. The second-order valence-corrected chi connectivity index (χ2v) is 6.98. The van der Waals surface area contributed by atoms with Crippen LogP contribution in [0.1, 0.15) is 10.4 Å². The van der Waals surface area contributed by atoms with E-state index in [9.17, 15) is 14.4 Å². The fraction of sp³-hybridized carbons (Fsp3) is 0.190. The van der Waals surface area contributed by atoms with Gasteiger partial charge in [0.25, 0.3) is 11.6 Å². The number of amides is 1. The molecule has 0 saturated heterocycles. The number of rotatable bonds is 6. The van der Waals surface area contributed by atoms with E-state index in [-0.39, 0.29) is 16.9 Å². The quantitative estimate of drug-likeness (QED) is 0.487. The van der Waals surface area contributed by atoms with E-state index in [2.05, 4.69) is 15.9 Å². The summed E-state index contributed by atoms with van der Waals surface area (Å²) in [5.74, 6) is -2.49. The Morgan fingerprint density at radius 3 is 2.10 bits per heavy atom. The van der Waals surface area contributed by atoms with E-state index < -0.39 is 23.4 Å². The van der Waals surface area contributed by atoms with E-state index in [1.54, 1.807) is 54.6 Å². The fourth-order valence-corrected chi connectivity index (χ4v) is 3.56. The molecule has 0 bridgehead atoms. The first-order chi connectivity index (χ1) is 13.9. The Morgan fingerprint density at radius 1 is 0.966 bits per heavy atom. The van der Waals surface area contributed by atoms with Gasteiger partial charge >= 0.3 is 5.97 Å². The first-order valence-electron chi connectivity index (χ1n) is 8.54. The number of nitrogens with zero attached hydrogens (tertiary/aromatic N) is 1. The van der Waals surface area contributed by atoms with Crippen molar-refractivity contribution in [1.82, 2.24) is 0 Å². The molecule has 1 atom stereocenters. The molecule has 29 heavy (non-hydrogen) atoms. The Hall–Kier alpha value is -2.97. The monoisotopic (exact) mass is 459 g/mol. The Morgan fingerprint density at radius 2 is 1.59 bits per heavy atom. The standard InChI is InChI=1S/C21H18BrNO6/c1-27-18-16(17(24)13-9-11-14(22)12-10-13)21(29-3,20(26)28-2)23(19(18)25)15-7-5-4-6-8-15/h4-12H,1-3H3. The molecule has 0 N–H and O–H groups in total. The Balaban J connectivity index is 2.28. The lowest BCUT2D eigenvalue weighted by Crippen LogP contribution is -2.57. The van der Waals surface area contributed by atoms with Crippen molar-refractivity contribution in [3.05, 3.63) is 76.0 Å². The van der Waals surface area contributed by atoms with Gasteiger partial charge in [0, 0.05) is 22.8 Å². The number of methoxy groups -OCH3 is 3. The van der Waals surface area contributed by atoms with Crippen molar-refractivity contribution in [1.29, 1.82) is 0 Å². The topological polar surface area (TPSA) is 82.1 Å². The maximum Gasteiger partial charge on any atom is 0.365 e. The van der Waals surface area contributed by atoms with Crippen LogP contribution in [0.25, 0.3) is 0 Å². The Kier molecular flexibility index (Phi) is 5.86. The van der Waals surface area contributed by atoms with Gasteiger partial charge in [-0.2, -0.15) is 0 Å². The number of carbonyl (C=O) groups is 3. The van der Waals surface area contributed by atoms with Gasteiger partial charge < -0.3 is 14.2 Å². The number of halogens is 1. The largest absolute Gasteiger partial charge is 0.491 e. The number of hydrogen-bond acceptors (Lipinski definition) is 6. The van der Waals surface area contributed by atoms with Crippen LogP contribution < -0.4 is 4.90 Å². The molecule has 1 aliphatic rings. The van der Waals surface area contributed by atoms with E-state index in [1.807, 2.05) is 0 Å². The molecule has 0 spiro atoms. The van der Waals surface area contributed by atoms with Gasteiger partial charge in [-0.1, -0.05) is 34.1 Å². The van der Waals surface area contributed by atoms with Gasteiger partial charge in [0.2, 0.25) is 0 Å². The van der Waals surface area contributed by atoms with E-state index in [4.69, 9.17) is 14.2 Å². The zero-order chi connectivity index (χ0) is 21.2. The Labute approximate surface area is 176 Å². The summed E-state index contributed by atoms with van der Waals surface area (Å²) in [6, 6.07) is 14.9. The van der Waals surface area contributed by atoms with E-state index in [1.165, 1.54) is 14.2 Å². The van der Waals surface area contributed by atoms with Crippen molar-refractivity contribution >= 4 is 39.3 Å². The summed E-state index contributed by atoms with van der Waals surface area (Å²) in [6.07, 6.45) is 0. The van der Waals surface area contributed by atoms with Gasteiger partial charge in [0.1, 0.15) is 5.57 Å². The predicted octanol–water partition coefficient (Wildman–Crippen LogP) is 3.09. The molecule has 1 unspecified atom stereocenters. The summed E-state index contributed by atoms with van der Waals surface area (Å²) in [5.41, 5.74) is -1.78. The molecule has 0 fully saturated rings. The van der Waals surface area contributed by atoms with Gasteiger partial charge in [0.05, 0.1) is 14.2 Å². The minimum absolute atomic E-state index is 0.245. The lowest BCUT2D eigenvalue weighted by molar-refractivity contribution is -0.161. The average molecular weight is 460 g/mol. The molecule has 2 aromatic rings. The van der Waals surface area contributed by atoms with Gasteiger partial charge in [0.15, 0.2) is 11.5 Å². The van der Waals surface area contributed by atoms with Gasteiger partial charge in [-0.25, -0.2) is 4.79 Å². The van der Waals surface area contributed by atoms with Crippen molar-refractivity contribution in [3.63, 3.8) is 0 Å². The minimum atomic E-state index is -2.14. The molecular formula is C21H18BrNO6. The molecule has 0 radical (unpaired) electrons. The normalized spacial score (nSPS) is 18.8. The van der Waals surface area contributed by atoms with Crippen LogP contribution in [0.2, 0.25) is 0 Å². The van der Waals surface area contributed by atoms with E-state index >= 15 is 0 Å². The third-order valence-corrected chi connectivity index (χ3v) is 5.12. The van der Waals surface area contributed by atoms with Crippen molar-refractivity contribution in [2.75, 3.05) is 26.2 Å². The van der Waals surface area contributed by atoms with Crippen LogP contribution in [0.15, 0.2) is 70.4 Å². The Bertz CT molecular complexity index is 986. The second-order valence-electron chi connectivity index (χ2n) is 6.06. The zero-order valence-corrected chi connectivity index (χ0v) is 17.6. The highest BCUT2D eigenvalue weighted by atomic mass is 79.9. The third kappa shape index (κ3) is 3.24. The molecule has 8 heteroatoms. The lowest BCUT2D eigenvalue weighted by Gasteiger charge is -2.35. The predicted molar refractivity (Wildman–Crippen MR) is 108 cm³/mol. The first-order valence-corrected chi connectivity index (χ1v) is 9.33. The number of esters is 1. The molecule has 0 aromatic heterocycles. The van der Waals surface area contributed by atoms with Crippen LogP contribution >= 0.6 is 15.9 Å². The van der Waals surface area contributed by atoms with E-state index in [0.717, 1.165) is 16.5 Å². The molecule has 0 saturated carbocycles. The number of ketones is 1. The minimum Gasteiger partial charge on any atom is -0.491 e. The summed E-state index contributed by atoms with van der Waals surface area (Å²) in [7, 11) is 3.64. The van der Waals surface area contributed by atoms with Crippen LogP contribution in [0.3, 0.4) is 0 Å². The van der Waals surface area contributed by atoms with Gasteiger partial charge in [-0.05, 0) is 36.4 Å². The number of carbonyl (C=O) groups excluding carboxylic acids is 3. The number of hydrogen-bond donors (Lipinski definition) is 0. The molecular weight excluding hydrogens is 442 g/mol. The summed E-state index contributed by atoms with van der Waals surface area (Å²) in [6.45, 7) is 0. The highest BCUT2D eigenvalue weighted by Gasteiger charge is 2.62.